The molecule has 1 atom stereocenters. The number of hydrogen-bond donors (Lipinski definition) is 3. The molecule has 1 aromatic heterocycles. The van der Waals surface area contributed by atoms with Crippen LogP contribution in [0.25, 0.3) is 0 Å². The van der Waals surface area contributed by atoms with Crippen molar-refractivity contribution in [1.82, 2.24) is 9.97 Å². The van der Waals surface area contributed by atoms with Gasteiger partial charge in [-0.15, -0.1) is 0 Å². The van der Waals surface area contributed by atoms with Gasteiger partial charge in [0.25, 0.3) is 0 Å². The Labute approximate surface area is 70.4 Å². The van der Waals surface area contributed by atoms with Crippen LogP contribution in [-0.4, -0.2) is 22.4 Å². The fourth-order valence-corrected chi connectivity index (χ4v) is 0.681. The molecular weight excluding hydrogens is 156 g/mol. The first-order chi connectivity index (χ1) is 5.74. The van der Waals surface area contributed by atoms with E-state index in [0.717, 1.165) is 0 Å². The van der Waals surface area contributed by atoms with E-state index in [1.54, 1.807) is 19.3 Å². The second-order valence-corrected chi connectivity index (χ2v) is 2.56. The lowest BCUT2D eigenvalue weighted by molar-refractivity contribution is -0.119. The van der Waals surface area contributed by atoms with E-state index in [1.807, 2.05) is 0 Å². The number of nitrogens with zero attached hydrogens (tertiary/aromatic N) is 1. The molecule has 0 aliphatic heterocycles. The van der Waals surface area contributed by atoms with Gasteiger partial charge >= 0.3 is 0 Å². The van der Waals surface area contributed by atoms with Crippen LogP contribution < -0.4 is 11.1 Å². The van der Waals surface area contributed by atoms with Gasteiger partial charge in [-0.2, -0.15) is 0 Å². The zero-order valence-corrected chi connectivity index (χ0v) is 6.87. The van der Waals surface area contributed by atoms with Gasteiger partial charge in [0, 0.05) is 24.9 Å². The molecule has 0 saturated carbocycles. The van der Waals surface area contributed by atoms with E-state index in [0.29, 0.717) is 12.5 Å². The molecule has 1 heterocycles. The van der Waals surface area contributed by atoms with Crippen molar-refractivity contribution >= 4 is 11.9 Å². The molecule has 1 aromatic rings. The van der Waals surface area contributed by atoms with Crippen molar-refractivity contribution < 1.29 is 4.79 Å². The molecule has 0 aliphatic carbocycles. The lowest BCUT2D eigenvalue weighted by Crippen LogP contribution is -2.27. The summed E-state index contributed by atoms with van der Waals surface area (Å²) < 4.78 is 0. The SMILES string of the molecule is CC(CN)C(=O)Nc1ncc[nH]1. The molecule has 4 N–H and O–H groups in total. The zero-order valence-electron chi connectivity index (χ0n) is 6.87. The standard InChI is InChI=1S/C7H12N4O/c1-5(4-8)6(12)11-7-9-2-3-10-7/h2-3,5H,4,8H2,1H3,(H2,9,10,11,12). The van der Waals surface area contributed by atoms with Crippen molar-refractivity contribution in [3.8, 4) is 0 Å². The third-order valence-corrected chi connectivity index (χ3v) is 1.54. The summed E-state index contributed by atoms with van der Waals surface area (Å²) in [6.45, 7) is 2.10. The van der Waals surface area contributed by atoms with E-state index < -0.39 is 0 Å². The lowest BCUT2D eigenvalue weighted by atomic mass is 10.2. The van der Waals surface area contributed by atoms with Crippen molar-refractivity contribution in [3.63, 3.8) is 0 Å². The molecule has 5 nitrogen and oxygen atoms in total. The number of carbonyl (C=O) groups is 1. The molecule has 5 heteroatoms. The van der Waals surface area contributed by atoms with Gasteiger partial charge in [0.2, 0.25) is 11.9 Å². The first-order valence-corrected chi connectivity index (χ1v) is 3.74. The van der Waals surface area contributed by atoms with Gasteiger partial charge in [0.15, 0.2) is 0 Å². The highest BCUT2D eigenvalue weighted by Crippen LogP contribution is 1.99. The fourth-order valence-electron chi connectivity index (χ4n) is 0.681. The van der Waals surface area contributed by atoms with Crippen LogP contribution in [0.1, 0.15) is 6.92 Å². The molecule has 66 valence electrons. The van der Waals surface area contributed by atoms with Crippen molar-refractivity contribution in [2.45, 2.75) is 6.92 Å². The van der Waals surface area contributed by atoms with E-state index in [9.17, 15) is 4.79 Å². The van der Waals surface area contributed by atoms with E-state index in [4.69, 9.17) is 5.73 Å². The van der Waals surface area contributed by atoms with Gasteiger partial charge < -0.3 is 10.7 Å². The van der Waals surface area contributed by atoms with Crippen LogP contribution in [0.3, 0.4) is 0 Å². The van der Waals surface area contributed by atoms with Gasteiger partial charge in [-0.1, -0.05) is 6.92 Å². The van der Waals surface area contributed by atoms with E-state index in [2.05, 4.69) is 15.3 Å². The van der Waals surface area contributed by atoms with Gasteiger partial charge in [-0.05, 0) is 0 Å². The minimum absolute atomic E-state index is 0.118. The van der Waals surface area contributed by atoms with Gasteiger partial charge in [-0.25, -0.2) is 4.98 Å². The summed E-state index contributed by atoms with van der Waals surface area (Å²) in [5.41, 5.74) is 5.31. The molecular formula is C7H12N4O. The summed E-state index contributed by atoms with van der Waals surface area (Å²) in [6, 6.07) is 0. The van der Waals surface area contributed by atoms with Crippen LogP contribution in [0.5, 0.6) is 0 Å². The normalized spacial score (nSPS) is 12.5. The zero-order chi connectivity index (χ0) is 8.97. The highest BCUT2D eigenvalue weighted by Gasteiger charge is 2.10. The number of rotatable bonds is 3. The highest BCUT2D eigenvalue weighted by atomic mass is 16.2. The third kappa shape index (κ3) is 2.06. The number of H-pyrrole nitrogens is 1. The predicted octanol–water partition coefficient (Wildman–Crippen LogP) is -0.0570. The lowest BCUT2D eigenvalue weighted by Gasteiger charge is -2.06. The quantitative estimate of drug-likeness (QED) is 0.591. The summed E-state index contributed by atoms with van der Waals surface area (Å²) in [6.07, 6.45) is 3.21. The predicted molar refractivity (Wildman–Crippen MR) is 45.4 cm³/mol. The smallest absolute Gasteiger partial charge is 0.230 e. The molecule has 1 unspecified atom stereocenters. The molecule has 1 amide bonds. The number of hydrogen-bond acceptors (Lipinski definition) is 3. The number of aromatic nitrogens is 2. The molecule has 0 spiro atoms. The Kier molecular flexibility index (Phi) is 2.82. The Balaban J connectivity index is 2.47. The topological polar surface area (TPSA) is 83.8 Å². The number of amides is 1. The minimum atomic E-state index is -0.185. The maximum atomic E-state index is 11.2. The van der Waals surface area contributed by atoms with Crippen molar-refractivity contribution in [1.29, 1.82) is 0 Å². The molecule has 0 bridgehead atoms. The van der Waals surface area contributed by atoms with Crippen LogP contribution in [-0.2, 0) is 4.79 Å². The van der Waals surface area contributed by atoms with Crippen LogP contribution in [0.15, 0.2) is 12.4 Å². The average Bonchev–Trinajstić information content (AvgIpc) is 2.55. The number of carbonyl (C=O) groups excluding carboxylic acids is 1. The van der Waals surface area contributed by atoms with Crippen molar-refractivity contribution in [3.05, 3.63) is 12.4 Å². The van der Waals surface area contributed by atoms with Crippen LogP contribution in [0.2, 0.25) is 0 Å². The summed E-state index contributed by atoms with van der Waals surface area (Å²) in [4.78, 5) is 17.8. The van der Waals surface area contributed by atoms with Crippen molar-refractivity contribution in [2.24, 2.45) is 11.7 Å². The summed E-state index contributed by atoms with van der Waals surface area (Å²) in [5, 5.41) is 2.59. The molecule has 0 aliphatic rings. The highest BCUT2D eigenvalue weighted by molar-refractivity contribution is 5.90. The minimum Gasteiger partial charge on any atom is -0.331 e. The molecule has 0 fully saturated rings. The second-order valence-electron chi connectivity index (χ2n) is 2.56. The second kappa shape index (κ2) is 3.87. The third-order valence-electron chi connectivity index (χ3n) is 1.54. The monoisotopic (exact) mass is 168 g/mol. The van der Waals surface area contributed by atoms with Gasteiger partial charge in [0.05, 0.1) is 0 Å². The maximum Gasteiger partial charge on any atom is 0.230 e. The van der Waals surface area contributed by atoms with E-state index >= 15 is 0 Å². The molecule has 0 saturated heterocycles. The van der Waals surface area contributed by atoms with Gasteiger partial charge in [0.1, 0.15) is 0 Å². The molecule has 1 rings (SSSR count). The Morgan fingerprint density at radius 1 is 1.92 bits per heavy atom. The number of nitrogens with one attached hydrogen (secondary N) is 2. The number of aromatic amines is 1. The summed E-state index contributed by atoms with van der Waals surface area (Å²) in [5.74, 6) is 0.155. The van der Waals surface area contributed by atoms with Crippen LogP contribution in [0, 0.1) is 5.92 Å². The largest absolute Gasteiger partial charge is 0.331 e. The van der Waals surface area contributed by atoms with E-state index in [-0.39, 0.29) is 11.8 Å². The fraction of sp³-hybridized carbons (Fsp3) is 0.429. The number of anilines is 1. The first kappa shape index (κ1) is 8.73. The maximum absolute atomic E-state index is 11.2. The van der Waals surface area contributed by atoms with Crippen LogP contribution in [0.4, 0.5) is 5.95 Å². The summed E-state index contributed by atoms with van der Waals surface area (Å²) >= 11 is 0. The number of nitrogens with two attached hydrogens (primary N) is 1. The Morgan fingerprint density at radius 3 is 3.17 bits per heavy atom. The Hall–Kier alpha value is -1.36. The number of imidazole rings is 1. The molecule has 0 radical (unpaired) electrons. The van der Waals surface area contributed by atoms with Gasteiger partial charge in [-0.3, -0.25) is 10.1 Å². The average molecular weight is 168 g/mol. The Bertz CT molecular complexity index is 244. The first-order valence-electron chi connectivity index (χ1n) is 3.74. The molecule has 0 aromatic carbocycles. The van der Waals surface area contributed by atoms with Crippen molar-refractivity contribution in [2.75, 3.05) is 11.9 Å². The van der Waals surface area contributed by atoms with Crippen LogP contribution >= 0.6 is 0 Å². The molecule has 12 heavy (non-hydrogen) atoms. The Morgan fingerprint density at radius 2 is 2.67 bits per heavy atom. The van der Waals surface area contributed by atoms with E-state index in [1.165, 1.54) is 0 Å². The summed E-state index contributed by atoms with van der Waals surface area (Å²) in [7, 11) is 0.